The highest BCUT2D eigenvalue weighted by Crippen LogP contribution is 2.60. The molecule has 1 aromatic carbocycles. The van der Waals surface area contributed by atoms with Gasteiger partial charge in [0.15, 0.2) is 0 Å². The number of nitrogens with zero attached hydrogens (tertiary/aromatic N) is 2. The number of carboxylic acid groups (broad SMARTS) is 1. The number of hydrogen-bond acceptors (Lipinski definition) is 6. The van der Waals surface area contributed by atoms with E-state index >= 15 is 0 Å². The van der Waals surface area contributed by atoms with E-state index in [4.69, 9.17) is 9.47 Å². The molecule has 0 radical (unpaired) electrons. The van der Waals surface area contributed by atoms with Gasteiger partial charge in [0.2, 0.25) is 5.91 Å². The number of aliphatic carboxylic acids is 1. The monoisotopic (exact) mass is 522 g/mol. The number of methoxy groups -OCH3 is 1. The minimum atomic E-state index is -1.30. The minimum Gasteiger partial charge on any atom is -0.497 e. The van der Waals surface area contributed by atoms with E-state index in [1.807, 2.05) is 0 Å². The highest BCUT2D eigenvalue weighted by molar-refractivity contribution is 9.09. The first-order valence-corrected chi connectivity index (χ1v) is 11.7. The Kier molecular flexibility index (Phi) is 6.28. The van der Waals surface area contributed by atoms with Crippen LogP contribution in [-0.4, -0.2) is 81.8 Å². The molecular formula is C23H27BrN2O7. The van der Waals surface area contributed by atoms with Crippen LogP contribution in [0.2, 0.25) is 0 Å². The molecule has 3 fully saturated rings. The van der Waals surface area contributed by atoms with E-state index in [1.165, 1.54) is 9.80 Å². The lowest BCUT2D eigenvalue weighted by atomic mass is 9.70. The van der Waals surface area contributed by atoms with E-state index in [2.05, 4.69) is 22.5 Å². The highest BCUT2D eigenvalue weighted by Gasteiger charge is 2.77. The Morgan fingerprint density at radius 1 is 1.42 bits per heavy atom. The zero-order chi connectivity index (χ0) is 24.1. The van der Waals surface area contributed by atoms with E-state index in [0.717, 1.165) is 0 Å². The summed E-state index contributed by atoms with van der Waals surface area (Å²) in [6.07, 6.45) is 1.17. The van der Waals surface area contributed by atoms with Crippen molar-refractivity contribution in [1.29, 1.82) is 0 Å². The van der Waals surface area contributed by atoms with Crippen molar-refractivity contribution in [3.8, 4) is 5.75 Å². The fraction of sp³-hybridized carbons (Fsp3) is 0.522. The quantitative estimate of drug-likeness (QED) is 0.391. The molecule has 3 heterocycles. The van der Waals surface area contributed by atoms with Gasteiger partial charge in [-0.25, -0.2) is 0 Å². The number of aliphatic hydroxyl groups excluding tert-OH is 1. The first-order chi connectivity index (χ1) is 15.7. The highest BCUT2D eigenvalue weighted by atomic mass is 79.9. The second-order valence-corrected chi connectivity index (χ2v) is 9.89. The van der Waals surface area contributed by atoms with Gasteiger partial charge in [0, 0.05) is 17.1 Å². The number of anilines is 1. The number of alkyl halides is 1. The second kappa shape index (κ2) is 8.73. The number of likely N-dealkylation sites (tertiary alicyclic amines) is 1. The SMILES string of the molecule is C=CCN(C(=O)C1N([C@H](C)CO)C(=O)[C@@H]2[C@@H](C(=O)O)[C@@H]3OC12CC3Br)c1ccc(OC)cc1. The van der Waals surface area contributed by atoms with Crippen molar-refractivity contribution in [3.63, 3.8) is 0 Å². The molecule has 178 valence electrons. The zero-order valence-electron chi connectivity index (χ0n) is 18.4. The van der Waals surface area contributed by atoms with Crippen LogP contribution in [0.3, 0.4) is 0 Å². The summed E-state index contributed by atoms with van der Waals surface area (Å²) in [4.78, 5) is 42.3. The Balaban J connectivity index is 1.81. The van der Waals surface area contributed by atoms with Gasteiger partial charge in [0.25, 0.3) is 5.91 Å². The van der Waals surface area contributed by atoms with Crippen molar-refractivity contribution in [2.45, 2.75) is 42.0 Å². The smallest absolute Gasteiger partial charge is 0.310 e. The van der Waals surface area contributed by atoms with Crippen LogP contribution in [0.1, 0.15) is 13.3 Å². The van der Waals surface area contributed by atoms with E-state index in [1.54, 1.807) is 44.4 Å². The van der Waals surface area contributed by atoms with Crippen molar-refractivity contribution < 1.29 is 34.1 Å². The standard InChI is InChI=1S/C23H27BrN2O7/c1-4-9-25(13-5-7-14(32-3)8-6-13)21(29)19-23-10-15(24)18(33-23)16(22(30)31)17(23)20(28)26(19)12(2)11-27/h4-8,12,15-19,27H,1,9-11H2,2-3H3,(H,30,31)/t12-,15?,16-,17+,18-,19?,23?/m1/s1. The van der Waals surface area contributed by atoms with Gasteiger partial charge in [-0.05, 0) is 37.6 Å². The van der Waals surface area contributed by atoms with Gasteiger partial charge in [0.05, 0.1) is 37.7 Å². The Morgan fingerprint density at radius 2 is 2.09 bits per heavy atom. The van der Waals surface area contributed by atoms with Crippen molar-refractivity contribution >= 4 is 39.4 Å². The third kappa shape index (κ3) is 3.46. The van der Waals surface area contributed by atoms with Crippen LogP contribution in [0.4, 0.5) is 5.69 Å². The maximum atomic E-state index is 14.1. The first kappa shape index (κ1) is 23.7. The molecule has 3 aliphatic heterocycles. The molecule has 0 aromatic heterocycles. The summed E-state index contributed by atoms with van der Waals surface area (Å²) in [6, 6.07) is 5.12. The van der Waals surface area contributed by atoms with Gasteiger partial charge in [-0.3, -0.25) is 14.4 Å². The van der Waals surface area contributed by atoms with E-state index < -0.39 is 53.4 Å². The number of carboxylic acids is 1. The first-order valence-electron chi connectivity index (χ1n) is 10.8. The third-order valence-corrected chi connectivity index (χ3v) is 7.79. The maximum Gasteiger partial charge on any atom is 0.310 e. The normalized spacial score (nSPS) is 33.0. The largest absolute Gasteiger partial charge is 0.497 e. The summed E-state index contributed by atoms with van der Waals surface area (Å²) in [6.45, 7) is 5.19. The summed E-state index contributed by atoms with van der Waals surface area (Å²) >= 11 is 3.51. The molecule has 10 heteroatoms. The number of halogens is 1. The molecule has 3 aliphatic rings. The van der Waals surface area contributed by atoms with Crippen molar-refractivity contribution in [2.75, 3.05) is 25.2 Å². The van der Waals surface area contributed by atoms with Crippen molar-refractivity contribution in [3.05, 3.63) is 36.9 Å². The number of carbonyl (C=O) groups excluding carboxylic acids is 2. The van der Waals surface area contributed by atoms with Crippen molar-refractivity contribution in [1.82, 2.24) is 4.90 Å². The topological polar surface area (TPSA) is 117 Å². The molecule has 2 N–H and O–H groups in total. The number of benzene rings is 1. The molecule has 0 aliphatic carbocycles. The summed E-state index contributed by atoms with van der Waals surface area (Å²) in [5.74, 6) is -3.47. The third-order valence-electron chi connectivity index (χ3n) is 6.95. The van der Waals surface area contributed by atoms with Crippen LogP contribution < -0.4 is 9.64 Å². The fourth-order valence-electron chi connectivity index (χ4n) is 5.55. The molecule has 0 saturated carbocycles. The molecule has 1 spiro atoms. The van der Waals surface area contributed by atoms with Gasteiger partial charge in [-0.2, -0.15) is 0 Å². The van der Waals surface area contributed by atoms with E-state index in [-0.39, 0.29) is 18.0 Å². The lowest BCUT2D eigenvalue weighted by molar-refractivity contribution is -0.150. The zero-order valence-corrected chi connectivity index (χ0v) is 20.0. The summed E-state index contributed by atoms with van der Waals surface area (Å²) in [5, 5.41) is 19.8. The Labute approximate surface area is 200 Å². The van der Waals surface area contributed by atoms with Crippen LogP contribution in [0.15, 0.2) is 36.9 Å². The minimum absolute atomic E-state index is 0.168. The van der Waals surface area contributed by atoms with Gasteiger partial charge in [-0.1, -0.05) is 22.0 Å². The Bertz CT molecular complexity index is 970. The van der Waals surface area contributed by atoms with Gasteiger partial charge in [-0.15, -0.1) is 6.58 Å². The van der Waals surface area contributed by atoms with Crippen LogP contribution in [0.5, 0.6) is 5.75 Å². The van der Waals surface area contributed by atoms with Crippen LogP contribution >= 0.6 is 15.9 Å². The predicted octanol–water partition coefficient (Wildman–Crippen LogP) is 1.43. The summed E-state index contributed by atoms with van der Waals surface area (Å²) < 4.78 is 11.4. The van der Waals surface area contributed by atoms with Crippen molar-refractivity contribution in [2.24, 2.45) is 11.8 Å². The maximum absolute atomic E-state index is 14.1. The molecule has 3 unspecified atom stereocenters. The molecule has 4 rings (SSSR count). The molecular weight excluding hydrogens is 496 g/mol. The number of carbonyl (C=O) groups is 3. The number of fused-ring (bicyclic) bond motifs is 1. The van der Waals surface area contributed by atoms with Crippen LogP contribution in [-0.2, 0) is 19.1 Å². The molecule has 2 bridgehead atoms. The van der Waals surface area contributed by atoms with E-state index in [0.29, 0.717) is 17.9 Å². The number of hydrogen-bond donors (Lipinski definition) is 2. The summed E-state index contributed by atoms with van der Waals surface area (Å²) in [5.41, 5.74) is -0.729. The molecule has 1 aromatic rings. The Morgan fingerprint density at radius 3 is 2.64 bits per heavy atom. The number of ether oxygens (including phenoxy) is 2. The van der Waals surface area contributed by atoms with Crippen LogP contribution in [0, 0.1) is 11.8 Å². The predicted molar refractivity (Wildman–Crippen MR) is 122 cm³/mol. The average Bonchev–Trinajstić information content (AvgIpc) is 3.40. The van der Waals surface area contributed by atoms with Gasteiger partial charge >= 0.3 is 5.97 Å². The van der Waals surface area contributed by atoms with Gasteiger partial charge < -0.3 is 29.5 Å². The second-order valence-electron chi connectivity index (χ2n) is 8.71. The van der Waals surface area contributed by atoms with Crippen LogP contribution in [0.25, 0.3) is 0 Å². The van der Waals surface area contributed by atoms with Gasteiger partial charge in [0.1, 0.15) is 17.4 Å². The lowest BCUT2D eigenvalue weighted by Crippen LogP contribution is -2.58. The Hall–Kier alpha value is -2.43. The summed E-state index contributed by atoms with van der Waals surface area (Å²) in [7, 11) is 1.54. The molecule has 3 saturated heterocycles. The number of rotatable bonds is 8. The molecule has 2 amide bonds. The number of amides is 2. The molecule has 33 heavy (non-hydrogen) atoms. The van der Waals surface area contributed by atoms with E-state index in [9.17, 15) is 24.6 Å². The molecule has 7 atom stereocenters. The number of aliphatic hydroxyl groups is 1. The average molecular weight is 523 g/mol. The fourth-order valence-corrected chi connectivity index (χ4v) is 6.50. The lowest BCUT2D eigenvalue weighted by Gasteiger charge is -2.38. The molecule has 9 nitrogen and oxygen atoms in total.